The van der Waals surface area contributed by atoms with Crippen molar-refractivity contribution in [2.45, 2.75) is 58.4 Å². The van der Waals surface area contributed by atoms with Crippen LogP contribution in [-0.2, 0) is 0 Å². The Morgan fingerprint density at radius 2 is 1.79 bits per heavy atom. The van der Waals surface area contributed by atoms with Crippen molar-refractivity contribution in [3.05, 3.63) is 0 Å². The van der Waals surface area contributed by atoms with Crippen LogP contribution in [0.25, 0.3) is 0 Å². The molecule has 1 rings (SSSR count). The molecule has 1 saturated heterocycles. The van der Waals surface area contributed by atoms with Crippen LogP contribution < -0.4 is 5.32 Å². The smallest absolute Gasteiger partial charge is 0.128 e. The van der Waals surface area contributed by atoms with Crippen LogP contribution >= 0.6 is 0 Å². The van der Waals surface area contributed by atoms with E-state index in [9.17, 15) is 4.39 Å². The largest absolute Gasteiger partial charge is 0.314 e. The molecule has 1 fully saturated rings. The van der Waals surface area contributed by atoms with Crippen molar-refractivity contribution in [2.75, 3.05) is 13.1 Å². The lowest BCUT2D eigenvalue weighted by Gasteiger charge is -2.42. The number of nitrogens with one attached hydrogen (secondary N) is 1. The monoisotopic (exact) mass is 202 g/mol. The molecule has 1 aliphatic rings. The van der Waals surface area contributed by atoms with Crippen molar-refractivity contribution in [3.8, 4) is 0 Å². The van der Waals surface area contributed by atoms with E-state index in [1.807, 2.05) is 0 Å². The average Bonchev–Trinajstić information content (AvgIpc) is 2.07. The molecular weight excluding hydrogens is 179 g/mol. The summed E-state index contributed by atoms with van der Waals surface area (Å²) in [7, 11) is 0. The third kappa shape index (κ3) is 2.67. The first-order valence-corrected chi connectivity index (χ1v) is 5.66. The van der Waals surface area contributed by atoms with E-state index in [1.54, 1.807) is 0 Å². The van der Waals surface area contributed by atoms with Crippen LogP contribution in [0.5, 0.6) is 0 Å². The number of rotatable bonds is 3. The number of hydrogen-bond acceptors (Lipinski definition) is 2. The van der Waals surface area contributed by atoms with Gasteiger partial charge in [-0.05, 0) is 40.7 Å². The first kappa shape index (κ1) is 11.9. The van der Waals surface area contributed by atoms with Gasteiger partial charge in [-0.15, -0.1) is 0 Å². The SMILES string of the molecule is CC(C)N(C(C)C)C1CCNCC1F. The van der Waals surface area contributed by atoms with E-state index in [1.165, 1.54) is 0 Å². The van der Waals surface area contributed by atoms with E-state index in [0.717, 1.165) is 13.0 Å². The van der Waals surface area contributed by atoms with Gasteiger partial charge in [0.25, 0.3) is 0 Å². The van der Waals surface area contributed by atoms with Crippen molar-refractivity contribution in [3.63, 3.8) is 0 Å². The Kier molecular flexibility index (Phi) is 4.32. The lowest BCUT2D eigenvalue weighted by atomic mass is 9.99. The fraction of sp³-hybridized carbons (Fsp3) is 1.00. The fourth-order valence-corrected chi connectivity index (χ4v) is 2.50. The Hall–Kier alpha value is -0.150. The standard InChI is InChI=1S/C11H23FN2/c1-8(2)14(9(3)4)11-5-6-13-7-10(11)12/h8-11,13H,5-7H2,1-4H3. The minimum Gasteiger partial charge on any atom is -0.314 e. The molecule has 0 aromatic heterocycles. The predicted octanol–water partition coefficient (Wildman–Crippen LogP) is 1.81. The maximum atomic E-state index is 13.7. The summed E-state index contributed by atoms with van der Waals surface area (Å²) in [6.45, 7) is 10.1. The first-order valence-electron chi connectivity index (χ1n) is 5.66. The highest BCUT2D eigenvalue weighted by Crippen LogP contribution is 2.20. The third-order valence-corrected chi connectivity index (χ3v) is 2.95. The van der Waals surface area contributed by atoms with Gasteiger partial charge in [0, 0.05) is 24.7 Å². The minimum absolute atomic E-state index is 0.108. The van der Waals surface area contributed by atoms with E-state index in [4.69, 9.17) is 0 Å². The van der Waals surface area contributed by atoms with Gasteiger partial charge in [-0.1, -0.05) is 0 Å². The molecule has 2 unspecified atom stereocenters. The van der Waals surface area contributed by atoms with Gasteiger partial charge in [0.2, 0.25) is 0 Å². The van der Waals surface area contributed by atoms with Crippen molar-refractivity contribution in [1.29, 1.82) is 0 Å². The second-order valence-corrected chi connectivity index (χ2v) is 4.71. The maximum absolute atomic E-state index is 13.7. The first-order chi connectivity index (χ1) is 6.54. The summed E-state index contributed by atoms with van der Waals surface area (Å²) in [4.78, 5) is 2.30. The second-order valence-electron chi connectivity index (χ2n) is 4.71. The summed E-state index contributed by atoms with van der Waals surface area (Å²) in [6.07, 6.45) is 0.214. The van der Waals surface area contributed by atoms with Crippen molar-refractivity contribution in [2.24, 2.45) is 0 Å². The lowest BCUT2D eigenvalue weighted by molar-refractivity contribution is 0.0368. The summed E-state index contributed by atoms with van der Waals surface area (Å²) < 4.78 is 13.7. The van der Waals surface area contributed by atoms with Gasteiger partial charge in [0.05, 0.1) is 0 Å². The van der Waals surface area contributed by atoms with E-state index < -0.39 is 6.17 Å². The fourth-order valence-electron chi connectivity index (χ4n) is 2.50. The molecule has 0 spiro atoms. The van der Waals surface area contributed by atoms with E-state index >= 15 is 0 Å². The van der Waals surface area contributed by atoms with E-state index in [-0.39, 0.29) is 6.04 Å². The van der Waals surface area contributed by atoms with Crippen LogP contribution in [0.15, 0.2) is 0 Å². The molecule has 1 heterocycles. The number of piperidine rings is 1. The van der Waals surface area contributed by atoms with E-state index in [0.29, 0.717) is 18.6 Å². The minimum atomic E-state index is -0.714. The second kappa shape index (κ2) is 5.08. The number of hydrogen-bond donors (Lipinski definition) is 1. The van der Waals surface area contributed by atoms with Gasteiger partial charge in [-0.25, -0.2) is 4.39 Å². The predicted molar refractivity (Wildman–Crippen MR) is 58.3 cm³/mol. The van der Waals surface area contributed by atoms with Crippen LogP contribution in [0.1, 0.15) is 34.1 Å². The summed E-state index contributed by atoms with van der Waals surface area (Å²) in [6, 6.07) is 0.962. The normalized spacial score (nSPS) is 29.1. The van der Waals surface area contributed by atoms with Crippen molar-refractivity contribution in [1.82, 2.24) is 10.2 Å². The zero-order chi connectivity index (χ0) is 10.7. The quantitative estimate of drug-likeness (QED) is 0.751. The number of alkyl halides is 1. The molecule has 0 bridgehead atoms. The van der Waals surface area contributed by atoms with Gasteiger partial charge in [0.1, 0.15) is 6.17 Å². The lowest BCUT2D eigenvalue weighted by Crippen LogP contribution is -2.55. The summed E-state index contributed by atoms with van der Waals surface area (Å²) >= 11 is 0. The van der Waals surface area contributed by atoms with Crippen LogP contribution in [0, 0.1) is 0 Å². The molecule has 84 valence electrons. The zero-order valence-corrected chi connectivity index (χ0v) is 9.76. The van der Waals surface area contributed by atoms with Gasteiger partial charge in [-0.3, -0.25) is 4.90 Å². The van der Waals surface area contributed by atoms with Gasteiger partial charge in [-0.2, -0.15) is 0 Å². The van der Waals surface area contributed by atoms with Crippen LogP contribution in [0.3, 0.4) is 0 Å². The Balaban J connectivity index is 2.65. The third-order valence-electron chi connectivity index (χ3n) is 2.95. The highest BCUT2D eigenvalue weighted by molar-refractivity contribution is 4.88. The Morgan fingerprint density at radius 3 is 2.21 bits per heavy atom. The number of halogens is 1. The van der Waals surface area contributed by atoms with Crippen molar-refractivity contribution < 1.29 is 4.39 Å². The molecule has 0 aromatic carbocycles. The average molecular weight is 202 g/mol. The molecule has 0 saturated carbocycles. The number of nitrogens with zero attached hydrogens (tertiary/aromatic N) is 1. The molecule has 2 nitrogen and oxygen atoms in total. The molecule has 1 aliphatic heterocycles. The highest BCUT2D eigenvalue weighted by atomic mass is 19.1. The molecule has 2 atom stereocenters. The van der Waals surface area contributed by atoms with Gasteiger partial charge < -0.3 is 5.32 Å². The molecular formula is C11H23FN2. The maximum Gasteiger partial charge on any atom is 0.128 e. The van der Waals surface area contributed by atoms with Crippen molar-refractivity contribution >= 4 is 0 Å². The van der Waals surface area contributed by atoms with Gasteiger partial charge >= 0.3 is 0 Å². The molecule has 14 heavy (non-hydrogen) atoms. The summed E-state index contributed by atoms with van der Waals surface area (Å²) in [5.41, 5.74) is 0. The van der Waals surface area contributed by atoms with Crippen LogP contribution in [-0.4, -0.2) is 42.3 Å². The molecule has 0 amide bonds. The topological polar surface area (TPSA) is 15.3 Å². The Bertz CT molecular complexity index is 163. The zero-order valence-electron chi connectivity index (χ0n) is 9.76. The van der Waals surface area contributed by atoms with Crippen LogP contribution in [0.4, 0.5) is 4.39 Å². The van der Waals surface area contributed by atoms with E-state index in [2.05, 4.69) is 37.9 Å². The summed E-state index contributed by atoms with van der Waals surface area (Å²) in [5.74, 6) is 0. The van der Waals surface area contributed by atoms with Gasteiger partial charge in [0.15, 0.2) is 0 Å². The Labute approximate surface area is 86.9 Å². The Morgan fingerprint density at radius 1 is 1.21 bits per heavy atom. The molecule has 3 heteroatoms. The molecule has 0 radical (unpaired) electrons. The highest BCUT2D eigenvalue weighted by Gasteiger charge is 2.32. The molecule has 0 aromatic rings. The molecule has 1 N–H and O–H groups in total. The molecule has 0 aliphatic carbocycles. The summed E-state index contributed by atoms with van der Waals surface area (Å²) in [5, 5.41) is 3.10. The van der Waals surface area contributed by atoms with Crippen LogP contribution in [0.2, 0.25) is 0 Å².